The van der Waals surface area contributed by atoms with Crippen LogP contribution in [0.4, 0.5) is 0 Å². The fourth-order valence-corrected chi connectivity index (χ4v) is 0. The van der Waals surface area contributed by atoms with Crippen LogP contribution in [-0.2, 0) is 0 Å². The molecule has 3 heteroatoms. The standard InChI is InChI=1S/CH3N2.Gd/c1-3-2;/h1H3;/q-1;. The molecule has 2 nitrogen and oxygen atoms in total. The van der Waals surface area contributed by atoms with Crippen LogP contribution in [-0.4, -0.2) is 7.05 Å². The molecule has 0 saturated heterocycles. The van der Waals surface area contributed by atoms with Crippen LogP contribution in [0.5, 0.6) is 0 Å². The van der Waals surface area contributed by atoms with Gasteiger partial charge in [0.05, 0.1) is 0 Å². The summed E-state index contributed by atoms with van der Waals surface area (Å²) in [5.41, 5.74) is 7.19. The van der Waals surface area contributed by atoms with Crippen LogP contribution in [0.3, 0.4) is 0 Å². The smallest absolute Gasteiger partial charge is 0.00381 e. The Labute approximate surface area is 57.2 Å². The fraction of sp³-hybridized carbons (Fsp3) is 1.00. The van der Waals surface area contributed by atoms with Crippen molar-refractivity contribution in [2.75, 3.05) is 7.05 Å². The van der Waals surface area contributed by atoms with Crippen LogP contribution in [0, 0.1) is 39.9 Å². The second-order valence-corrected chi connectivity index (χ2v) is 0.200. The molecule has 0 unspecified atom stereocenters. The van der Waals surface area contributed by atoms with Gasteiger partial charge in [-0.2, -0.15) is 0 Å². The van der Waals surface area contributed by atoms with Crippen molar-refractivity contribution in [1.29, 1.82) is 0 Å². The maximum atomic E-state index is 7.19. The molecule has 0 aliphatic heterocycles. The molecule has 0 rings (SSSR count). The Kier molecular flexibility index (Phi) is 20.1. The first kappa shape index (κ1) is 8.87. The third-order valence-corrected chi connectivity index (χ3v) is 0. The molecule has 0 fully saturated rings. The quantitative estimate of drug-likeness (QED) is 0.514. The summed E-state index contributed by atoms with van der Waals surface area (Å²) in [6.07, 6.45) is 0. The average molecular weight is 200 g/mol. The maximum absolute atomic E-state index is 7.19. The fourth-order valence-electron chi connectivity index (χ4n) is 0. The SMILES string of the molecule is CN=[N-].[Gd]. The molecule has 0 aromatic rings. The number of rotatable bonds is 0. The normalized spacial score (nSPS) is 3.25. The van der Waals surface area contributed by atoms with Gasteiger partial charge in [-0.05, 0) is 0 Å². The molecule has 0 N–H and O–H groups in total. The average Bonchev–Trinajstić information content (AvgIpc) is 0.918. The summed E-state index contributed by atoms with van der Waals surface area (Å²) in [5, 5.41) is 2.50. The zero-order valence-electron chi connectivity index (χ0n) is 2.25. The summed E-state index contributed by atoms with van der Waals surface area (Å²) < 4.78 is 0. The van der Waals surface area contributed by atoms with Crippen LogP contribution in [0.25, 0.3) is 5.53 Å². The van der Waals surface area contributed by atoms with Crippen LogP contribution in [0.1, 0.15) is 0 Å². The Bertz CT molecular complexity index is 13.5. The van der Waals surface area contributed by atoms with Gasteiger partial charge in [0.25, 0.3) is 0 Å². The summed E-state index contributed by atoms with van der Waals surface area (Å²) in [5.74, 6) is 0. The van der Waals surface area contributed by atoms with Crippen LogP contribution in [0.15, 0.2) is 5.11 Å². The molecule has 4 heavy (non-hydrogen) atoms. The van der Waals surface area contributed by atoms with Crippen molar-refractivity contribution in [3.8, 4) is 0 Å². The molecule has 0 radical (unpaired) electrons. The van der Waals surface area contributed by atoms with Gasteiger partial charge < -0.3 is 10.6 Å². The molecule has 0 heterocycles. The van der Waals surface area contributed by atoms with Gasteiger partial charge in [-0.25, -0.2) is 0 Å². The summed E-state index contributed by atoms with van der Waals surface area (Å²) in [6.45, 7) is 0. The van der Waals surface area contributed by atoms with Crippen molar-refractivity contribution in [2.45, 2.75) is 0 Å². The Hall–Kier alpha value is 0.925. The maximum Gasteiger partial charge on any atom is 0.00381 e. The summed E-state index contributed by atoms with van der Waals surface area (Å²) in [6, 6.07) is 0. The Balaban J connectivity index is 0. The minimum atomic E-state index is 0. The first-order valence-electron chi connectivity index (χ1n) is 0.647. The molecule has 0 bridgehead atoms. The number of hydrogen-bond acceptors (Lipinski definition) is 1. The third kappa shape index (κ3) is 12.7. The van der Waals surface area contributed by atoms with Gasteiger partial charge in [-0.1, -0.05) is 0 Å². The Morgan fingerprint density at radius 3 is 1.75 bits per heavy atom. The van der Waals surface area contributed by atoms with E-state index in [2.05, 4.69) is 5.11 Å². The molecule has 0 aromatic carbocycles. The van der Waals surface area contributed by atoms with E-state index in [0.717, 1.165) is 0 Å². The molecule has 0 aliphatic rings. The van der Waals surface area contributed by atoms with Gasteiger partial charge in [-0.3, -0.25) is 0 Å². The van der Waals surface area contributed by atoms with E-state index in [-0.39, 0.29) is 39.9 Å². The molecule has 0 spiro atoms. The molecular formula is CH3GdN2-. The molecule has 0 aromatic heterocycles. The van der Waals surface area contributed by atoms with Crippen molar-refractivity contribution in [3.63, 3.8) is 0 Å². The molecule has 0 aliphatic carbocycles. The van der Waals surface area contributed by atoms with Gasteiger partial charge in [0.1, 0.15) is 0 Å². The molecule has 26 valence electrons. The van der Waals surface area contributed by atoms with Crippen molar-refractivity contribution < 1.29 is 39.9 Å². The largest absolute Gasteiger partial charge is 0.712 e. The Morgan fingerprint density at radius 2 is 1.75 bits per heavy atom. The van der Waals surface area contributed by atoms with Gasteiger partial charge >= 0.3 is 0 Å². The molecular weight excluding hydrogens is 197 g/mol. The van der Waals surface area contributed by atoms with Gasteiger partial charge in [0.2, 0.25) is 0 Å². The van der Waals surface area contributed by atoms with E-state index in [1.807, 2.05) is 0 Å². The van der Waals surface area contributed by atoms with Crippen molar-refractivity contribution in [2.24, 2.45) is 5.11 Å². The Morgan fingerprint density at radius 1 is 1.75 bits per heavy atom. The summed E-state index contributed by atoms with van der Waals surface area (Å²) in [4.78, 5) is 0. The predicted octanol–water partition coefficient (Wildman–Crippen LogP) is 0.638. The predicted molar refractivity (Wildman–Crippen MR) is 11.7 cm³/mol. The van der Waals surface area contributed by atoms with Crippen LogP contribution >= 0.6 is 0 Å². The third-order valence-electron chi connectivity index (χ3n) is 0. The van der Waals surface area contributed by atoms with E-state index in [4.69, 9.17) is 5.53 Å². The molecule has 0 saturated carbocycles. The van der Waals surface area contributed by atoms with E-state index in [1.54, 1.807) is 0 Å². The van der Waals surface area contributed by atoms with Crippen molar-refractivity contribution in [1.82, 2.24) is 0 Å². The monoisotopic (exact) mass is 201 g/mol. The topological polar surface area (TPSA) is 34.7 Å². The molecule has 0 atom stereocenters. The van der Waals surface area contributed by atoms with Crippen molar-refractivity contribution >= 4 is 0 Å². The van der Waals surface area contributed by atoms with E-state index in [0.29, 0.717) is 0 Å². The van der Waals surface area contributed by atoms with E-state index < -0.39 is 0 Å². The number of hydrogen-bond donors (Lipinski definition) is 0. The second-order valence-electron chi connectivity index (χ2n) is 0.200. The first-order valence-corrected chi connectivity index (χ1v) is 0.647. The van der Waals surface area contributed by atoms with Crippen molar-refractivity contribution in [3.05, 3.63) is 5.53 Å². The second kappa shape index (κ2) is 9.06. The first-order chi connectivity index (χ1) is 1.41. The van der Waals surface area contributed by atoms with E-state index in [1.165, 1.54) is 7.05 Å². The minimum absolute atomic E-state index is 0. The van der Waals surface area contributed by atoms with E-state index >= 15 is 0 Å². The van der Waals surface area contributed by atoms with Gasteiger partial charge in [0, 0.05) is 47.0 Å². The van der Waals surface area contributed by atoms with Crippen LogP contribution in [0.2, 0.25) is 0 Å². The minimum Gasteiger partial charge on any atom is -0.712 e. The summed E-state index contributed by atoms with van der Waals surface area (Å²) >= 11 is 0. The number of nitrogens with zero attached hydrogens (tertiary/aromatic N) is 2. The zero-order chi connectivity index (χ0) is 2.71. The zero-order valence-corrected chi connectivity index (χ0v) is 4.52. The molecule has 0 amide bonds. The summed E-state index contributed by atoms with van der Waals surface area (Å²) in [7, 11) is 1.31. The van der Waals surface area contributed by atoms with Crippen LogP contribution < -0.4 is 0 Å². The van der Waals surface area contributed by atoms with Gasteiger partial charge in [-0.15, -0.1) is 0 Å². The van der Waals surface area contributed by atoms with E-state index in [9.17, 15) is 0 Å². The van der Waals surface area contributed by atoms with Gasteiger partial charge in [0.15, 0.2) is 0 Å².